The van der Waals surface area contributed by atoms with Crippen molar-refractivity contribution in [2.75, 3.05) is 20.1 Å². The normalized spacial score (nSPS) is 18.3. The molecule has 104 valence electrons. The van der Waals surface area contributed by atoms with E-state index in [2.05, 4.69) is 17.2 Å². The lowest BCUT2D eigenvalue weighted by Gasteiger charge is -2.39. The van der Waals surface area contributed by atoms with Crippen molar-refractivity contribution in [3.63, 3.8) is 0 Å². The zero-order valence-electron chi connectivity index (χ0n) is 11.9. The third-order valence-electron chi connectivity index (χ3n) is 4.17. The van der Waals surface area contributed by atoms with Gasteiger partial charge in [-0.2, -0.15) is 0 Å². The number of aryl methyl sites for hydroxylation is 1. The fraction of sp³-hybridized carbons (Fsp3) is 0.600. The summed E-state index contributed by atoms with van der Waals surface area (Å²) in [6.45, 7) is 3.96. The van der Waals surface area contributed by atoms with Gasteiger partial charge in [0.05, 0.1) is 0 Å². The number of nitrogens with zero attached hydrogens (tertiary/aromatic N) is 2. The maximum Gasteiger partial charge on any atom is 0.222 e. The number of piperidine rings is 1. The van der Waals surface area contributed by atoms with Crippen LogP contribution in [-0.2, 0) is 11.2 Å². The lowest BCUT2D eigenvalue weighted by Crippen LogP contribution is -2.51. The highest BCUT2D eigenvalue weighted by Gasteiger charge is 2.29. The first-order chi connectivity index (χ1) is 9.13. The van der Waals surface area contributed by atoms with Gasteiger partial charge < -0.3 is 10.2 Å². The number of carbonyl (C=O) groups is 1. The molecular weight excluding hydrogens is 238 g/mol. The van der Waals surface area contributed by atoms with Gasteiger partial charge in [0.1, 0.15) is 0 Å². The van der Waals surface area contributed by atoms with Gasteiger partial charge in [-0.05, 0) is 44.9 Å². The molecule has 2 rings (SSSR count). The molecule has 1 aromatic heterocycles. The summed E-state index contributed by atoms with van der Waals surface area (Å²) in [6.07, 6.45) is 7.02. The quantitative estimate of drug-likeness (QED) is 0.895. The van der Waals surface area contributed by atoms with Crippen molar-refractivity contribution in [1.82, 2.24) is 15.2 Å². The maximum atomic E-state index is 12.2. The SMILES string of the molecule is CNC1(C)CCN(C(=O)CCc2cccnc2)CC1. The van der Waals surface area contributed by atoms with E-state index in [9.17, 15) is 4.79 Å². The zero-order chi connectivity index (χ0) is 13.7. The zero-order valence-corrected chi connectivity index (χ0v) is 11.9. The number of hydrogen-bond acceptors (Lipinski definition) is 3. The van der Waals surface area contributed by atoms with Gasteiger partial charge in [-0.25, -0.2) is 0 Å². The lowest BCUT2D eigenvalue weighted by atomic mass is 9.90. The summed E-state index contributed by atoms with van der Waals surface area (Å²) in [5.41, 5.74) is 1.33. The maximum absolute atomic E-state index is 12.2. The Morgan fingerprint density at radius 3 is 2.79 bits per heavy atom. The third kappa shape index (κ3) is 3.77. The number of carbonyl (C=O) groups excluding carboxylic acids is 1. The second-order valence-electron chi connectivity index (χ2n) is 5.55. The van der Waals surface area contributed by atoms with E-state index in [1.54, 1.807) is 6.20 Å². The predicted octanol–water partition coefficient (Wildman–Crippen LogP) is 1.61. The Labute approximate surface area is 115 Å². The second-order valence-corrected chi connectivity index (χ2v) is 5.55. The lowest BCUT2D eigenvalue weighted by molar-refractivity contribution is -0.132. The first-order valence-electron chi connectivity index (χ1n) is 6.98. The van der Waals surface area contributed by atoms with E-state index in [-0.39, 0.29) is 11.4 Å². The van der Waals surface area contributed by atoms with E-state index in [0.717, 1.165) is 37.9 Å². The van der Waals surface area contributed by atoms with Gasteiger partial charge in [-0.15, -0.1) is 0 Å². The first kappa shape index (κ1) is 14.0. The molecule has 0 saturated carbocycles. The van der Waals surface area contributed by atoms with Crippen molar-refractivity contribution in [1.29, 1.82) is 0 Å². The number of nitrogens with one attached hydrogen (secondary N) is 1. The number of likely N-dealkylation sites (tertiary alicyclic amines) is 1. The van der Waals surface area contributed by atoms with Crippen LogP contribution in [0.5, 0.6) is 0 Å². The van der Waals surface area contributed by atoms with Gasteiger partial charge in [-0.1, -0.05) is 6.07 Å². The summed E-state index contributed by atoms with van der Waals surface area (Å²) < 4.78 is 0. The van der Waals surface area contributed by atoms with Gasteiger partial charge in [-0.3, -0.25) is 9.78 Å². The van der Waals surface area contributed by atoms with Crippen LogP contribution in [-0.4, -0.2) is 41.5 Å². The number of rotatable bonds is 4. The average molecular weight is 261 g/mol. The van der Waals surface area contributed by atoms with Gasteiger partial charge in [0.2, 0.25) is 5.91 Å². The number of amides is 1. The average Bonchev–Trinajstić information content (AvgIpc) is 2.47. The van der Waals surface area contributed by atoms with Crippen LogP contribution in [0.3, 0.4) is 0 Å². The van der Waals surface area contributed by atoms with Crippen LogP contribution in [0.2, 0.25) is 0 Å². The molecule has 1 fully saturated rings. The molecule has 0 aromatic carbocycles. The Balaban J connectivity index is 1.79. The highest BCUT2D eigenvalue weighted by Crippen LogP contribution is 2.21. The van der Waals surface area contributed by atoms with Crippen LogP contribution in [0.4, 0.5) is 0 Å². The molecule has 0 radical (unpaired) electrons. The highest BCUT2D eigenvalue weighted by atomic mass is 16.2. The van der Waals surface area contributed by atoms with Crippen molar-refractivity contribution in [3.8, 4) is 0 Å². The van der Waals surface area contributed by atoms with Crippen molar-refractivity contribution < 1.29 is 4.79 Å². The summed E-state index contributed by atoms with van der Waals surface area (Å²) in [5.74, 6) is 0.266. The Morgan fingerprint density at radius 1 is 1.47 bits per heavy atom. The second kappa shape index (κ2) is 6.15. The molecule has 0 bridgehead atoms. The number of aromatic nitrogens is 1. The van der Waals surface area contributed by atoms with Crippen molar-refractivity contribution in [3.05, 3.63) is 30.1 Å². The Kier molecular flexibility index (Phi) is 4.53. The molecule has 1 N–H and O–H groups in total. The highest BCUT2D eigenvalue weighted by molar-refractivity contribution is 5.76. The van der Waals surface area contributed by atoms with E-state index in [4.69, 9.17) is 0 Å². The molecule has 19 heavy (non-hydrogen) atoms. The third-order valence-corrected chi connectivity index (χ3v) is 4.17. The Bertz CT molecular complexity index is 411. The van der Waals surface area contributed by atoms with E-state index >= 15 is 0 Å². The van der Waals surface area contributed by atoms with Crippen molar-refractivity contribution >= 4 is 5.91 Å². The fourth-order valence-corrected chi connectivity index (χ4v) is 2.46. The summed E-state index contributed by atoms with van der Waals surface area (Å²) >= 11 is 0. The van der Waals surface area contributed by atoms with Crippen LogP contribution in [0.25, 0.3) is 0 Å². The van der Waals surface area contributed by atoms with E-state index in [0.29, 0.717) is 6.42 Å². The molecule has 0 unspecified atom stereocenters. The topological polar surface area (TPSA) is 45.2 Å². The molecule has 2 heterocycles. The summed E-state index contributed by atoms with van der Waals surface area (Å²) in [5, 5.41) is 3.35. The molecule has 0 spiro atoms. The van der Waals surface area contributed by atoms with E-state index < -0.39 is 0 Å². The Morgan fingerprint density at radius 2 is 2.21 bits per heavy atom. The monoisotopic (exact) mass is 261 g/mol. The fourth-order valence-electron chi connectivity index (χ4n) is 2.46. The van der Waals surface area contributed by atoms with Crippen LogP contribution in [0.1, 0.15) is 31.7 Å². The summed E-state index contributed by atoms with van der Waals surface area (Å²) in [7, 11) is 2.00. The van der Waals surface area contributed by atoms with Crippen LogP contribution < -0.4 is 5.32 Å². The van der Waals surface area contributed by atoms with Crippen LogP contribution in [0, 0.1) is 0 Å². The van der Waals surface area contributed by atoms with Crippen molar-refractivity contribution in [2.24, 2.45) is 0 Å². The molecule has 1 aliphatic rings. The van der Waals surface area contributed by atoms with Gasteiger partial charge in [0.15, 0.2) is 0 Å². The molecule has 0 aliphatic carbocycles. The number of hydrogen-bond donors (Lipinski definition) is 1. The predicted molar refractivity (Wildman–Crippen MR) is 75.8 cm³/mol. The molecule has 1 aliphatic heterocycles. The molecule has 1 amide bonds. The summed E-state index contributed by atoms with van der Waals surface area (Å²) in [6, 6.07) is 3.94. The molecule has 1 aromatic rings. The standard InChI is InChI=1S/C15H23N3O/c1-15(16-2)7-10-18(11-8-15)14(19)6-5-13-4-3-9-17-12-13/h3-4,9,12,16H,5-8,10-11H2,1-2H3. The molecule has 4 nitrogen and oxygen atoms in total. The van der Waals surface area contributed by atoms with E-state index in [1.807, 2.05) is 30.3 Å². The smallest absolute Gasteiger partial charge is 0.222 e. The Hall–Kier alpha value is -1.42. The van der Waals surface area contributed by atoms with Crippen LogP contribution >= 0.6 is 0 Å². The van der Waals surface area contributed by atoms with Crippen LogP contribution in [0.15, 0.2) is 24.5 Å². The first-order valence-corrected chi connectivity index (χ1v) is 6.98. The molecule has 4 heteroatoms. The van der Waals surface area contributed by atoms with Gasteiger partial charge in [0.25, 0.3) is 0 Å². The molecule has 1 saturated heterocycles. The molecular formula is C15H23N3O. The minimum Gasteiger partial charge on any atom is -0.343 e. The molecule has 0 atom stereocenters. The van der Waals surface area contributed by atoms with Gasteiger partial charge in [0, 0.05) is 37.4 Å². The van der Waals surface area contributed by atoms with Crippen molar-refractivity contribution in [2.45, 2.75) is 38.1 Å². The summed E-state index contributed by atoms with van der Waals surface area (Å²) in [4.78, 5) is 18.2. The minimum atomic E-state index is 0.195. The minimum absolute atomic E-state index is 0.195. The largest absolute Gasteiger partial charge is 0.343 e. The van der Waals surface area contributed by atoms with Gasteiger partial charge >= 0.3 is 0 Å². The number of pyridine rings is 1. The van der Waals surface area contributed by atoms with E-state index in [1.165, 1.54) is 0 Å².